The molecule has 1 heterocycles. The number of nitrogens with zero attached hydrogens (tertiary/aromatic N) is 2. The highest BCUT2D eigenvalue weighted by molar-refractivity contribution is 6.33. The van der Waals surface area contributed by atoms with Crippen molar-refractivity contribution in [2.24, 2.45) is 0 Å². The summed E-state index contributed by atoms with van der Waals surface area (Å²) in [5, 5.41) is 6.18. The number of hydrogen-bond donors (Lipinski definition) is 3. The van der Waals surface area contributed by atoms with Gasteiger partial charge in [-0.2, -0.15) is 9.97 Å². The lowest BCUT2D eigenvalue weighted by Gasteiger charge is -2.11. The third-order valence-electron chi connectivity index (χ3n) is 2.52. The molecule has 2 aromatic rings. The van der Waals surface area contributed by atoms with E-state index in [0.717, 1.165) is 13.0 Å². The maximum Gasteiger partial charge on any atom is 0.223 e. The first kappa shape index (κ1) is 14.3. The molecule has 106 valence electrons. The number of nitrogens with two attached hydrogens (primary N) is 1. The normalized spacial score (nSPS) is 10.3. The molecule has 5 nitrogen and oxygen atoms in total. The Morgan fingerprint density at radius 1 is 1.30 bits per heavy atom. The molecule has 0 radical (unpaired) electrons. The zero-order valence-corrected chi connectivity index (χ0v) is 11.7. The Labute approximate surface area is 121 Å². The van der Waals surface area contributed by atoms with E-state index >= 15 is 0 Å². The molecule has 1 aromatic carbocycles. The predicted molar refractivity (Wildman–Crippen MR) is 79.9 cm³/mol. The van der Waals surface area contributed by atoms with Gasteiger partial charge < -0.3 is 16.4 Å². The summed E-state index contributed by atoms with van der Waals surface area (Å²) in [4.78, 5) is 8.06. The summed E-state index contributed by atoms with van der Waals surface area (Å²) in [7, 11) is 0. The van der Waals surface area contributed by atoms with E-state index in [9.17, 15) is 4.39 Å². The first-order chi connectivity index (χ1) is 9.60. The number of nitrogen functional groups attached to an aromatic ring is 1. The van der Waals surface area contributed by atoms with E-state index < -0.39 is 5.82 Å². The molecule has 0 amide bonds. The molecule has 0 aliphatic carbocycles. The summed E-state index contributed by atoms with van der Waals surface area (Å²) >= 11 is 5.95. The summed E-state index contributed by atoms with van der Waals surface area (Å²) in [5.74, 6) is 0.594. The Balaban J connectivity index is 2.27. The smallest absolute Gasteiger partial charge is 0.223 e. The molecule has 0 saturated heterocycles. The van der Waals surface area contributed by atoms with Gasteiger partial charge in [0.05, 0.1) is 10.7 Å². The third-order valence-corrected chi connectivity index (χ3v) is 2.83. The van der Waals surface area contributed by atoms with Crippen molar-refractivity contribution in [1.29, 1.82) is 0 Å². The number of rotatable bonds is 5. The lowest BCUT2D eigenvalue weighted by molar-refractivity contribution is 0.632. The number of halogens is 2. The number of hydrogen-bond acceptors (Lipinski definition) is 5. The third kappa shape index (κ3) is 3.48. The van der Waals surface area contributed by atoms with Crippen LogP contribution in [0.1, 0.15) is 13.3 Å². The van der Waals surface area contributed by atoms with Crippen LogP contribution >= 0.6 is 11.6 Å². The van der Waals surface area contributed by atoms with Gasteiger partial charge in [0, 0.05) is 12.6 Å². The van der Waals surface area contributed by atoms with Crippen LogP contribution in [0.25, 0.3) is 0 Å². The maximum atomic E-state index is 13.7. The molecule has 7 heteroatoms. The fourth-order valence-electron chi connectivity index (χ4n) is 1.62. The van der Waals surface area contributed by atoms with Crippen molar-refractivity contribution in [2.75, 3.05) is 22.9 Å². The molecule has 0 spiro atoms. The number of para-hydroxylation sites is 1. The van der Waals surface area contributed by atoms with E-state index in [1.807, 2.05) is 6.92 Å². The van der Waals surface area contributed by atoms with Gasteiger partial charge >= 0.3 is 0 Å². The van der Waals surface area contributed by atoms with Gasteiger partial charge in [-0.25, -0.2) is 4.39 Å². The molecular weight excluding hydrogens is 281 g/mol. The van der Waals surface area contributed by atoms with Crippen molar-refractivity contribution in [2.45, 2.75) is 13.3 Å². The average Bonchev–Trinajstić information content (AvgIpc) is 2.40. The number of benzene rings is 1. The second kappa shape index (κ2) is 6.38. The molecule has 0 atom stereocenters. The average molecular weight is 296 g/mol. The minimum absolute atomic E-state index is 0.0982. The largest absolute Gasteiger partial charge is 0.370 e. The fraction of sp³-hybridized carbons (Fsp3) is 0.231. The first-order valence-electron chi connectivity index (χ1n) is 6.19. The van der Waals surface area contributed by atoms with Crippen molar-refractivity contribution in [3.8, 4) is 0 Å². The van der Waals surface area contributed by atoms with Gasteiger partial charge in [-0.15, -0.1) is 0 Å². The van der Waals surface area contributed by atoms with Gasteiger partial charge in [0.15, 0.2) is 0 Å². The second-order valence-electron chi connectivity index (χ2n) is 4.15. The van der Waals surface area contributed by atoms with Crippen LogP contribution in [0.4, 0.5) is 27.7 Å². The van der Waals surface area contributed by atoms with E-state index in [0.29, 0.717) is 11.6 Å². The molecule has 0 bridgehead atoms. The zero-order valence-electron chi connectivity index (χ0n) is 11.0. The van der Waals surface area contributed by atoms with Crippen LogP contribution in [0.2, 0.25) is 5.02 Å². The van der Waals surface area contributed by atoms with Gasteiger partial charge in [-0.3, -0.25) is 0 Å². The van der Waals surface area contributed by atoms with E-state index in [1.165, 1.54) is 12.1 Å². The summed E-state index contributed by atoms with van der Waals surface area (Å²) in [6.07, 6.45) is 0.950. The molecule has 0 aliphatic rings. The zero-order chi connectivity index (χ0) is 14.5. The lowest BCUT2D eigenvalue weighted by Crippen LogP contribution is -2.07. The van der Waals surface area contributed by atoms with Crippen molar-refractivity contribution in [3.05, 3.63) is 35.1 Å². The first-order valence-corrected chi connectivity index (χ1v) is 6.57. The van der Waals surface area contributed by atoms with Gasteiger partial charge in [-0.1, -0.05) is 24.6 Å². The van der Waals surface area contributed by atoms with Crippen molar-refractivity contribution in [1.82, 2.24) is 9.97 Å². The topological polar surface area (TPSA) is 75.9 Å². The SMILES string of the molecule is CCCNc1cc(Nc2c(F)cccc2Cl)nc(N)n1. The van der Waals surface area contributed by atoms with Crippen LogP contribution in [-0.2, 0) is 0 Å². The molecule has 0 unspecified atom stereocenters. The molecule has 2 rings (SSSR count). The van der Waals surface area contributed by atoms with Gasteiger partial charge in [-0.05, 0) is 18.6 Å². The van der Waals surface area contributed by atoms with Gasteiger partial charge in [0.2, 0.25) is 5.95 Å². The maximum absolute atomic E-state index is 13.7. The number of nitrogens with one attached hydrogen (secondary N) is 2. The Morgan fingerprint density at radius 3 is 2.75 bits per heavy atom. The van der Waals surface area contributed by atoms with Gasteiger partial charge in [0.1, 0.15) is 17.5 Å². The number of aromatic nitrogens is 2. The minimum atomic E-state index is -0.460. The molecule has 20 heavy (non-hydrogen) atoms. The van der Waals surface area contributed by atoms with E-state index in [4.69, 9.17) is 17.3 Å². The summed E-state index contributed by atoms with van der Waals surface area (Å²) in [6.45, 7) is 2.80. The van der Waals surface area contributed by atoms with Crippen LogP contribution in [0.5, 0.6) is 0 Å². The van der Waals surface area contributed by atoms with E-state index in [-0.39, 0.29) is 16.7 Å². The molecule has 0 aliphatic heterocycles. The molecule has 0 saturated carbocycles. The standard InChI is InChI=1S/C13H15ClFN5/c1-2-6-17-10-7-11(20-13(16)19-10)18-12-8(14)4-3-5-9(12)15/h3-5,7H,2,6H2,1H3,(H4,16,17,18,19,20). The molecule has 1 aromatic heterocycles. The van der Waals surface area contributed by atoms with Crippen LogP contribution in [0.15, 0.2) is 24.3 Å². The summed E-state index contributed by atoms with van der Waals surface area (Å²) < 4.78 is 13.7. The summed E-state index contributed by atoms with van der Waals surface area (Å²) in [6, 6.07) is 6.09. The fourth-order valence-corrected chi connectivity index (χ4v) is 1.83. The van der Waals surface area contributed by atoms with Crippen molar-refractivity contribution in [3.63, 3.8) is 0 Å². The second-order valence-corrected chi connectivity index (χ2v) is 4.55. The molecule has 0 fully saturated rings. The highest BCUT2D eigenvalue weighted by atomic mass is 35.5. The summed E-state index contributed by atoms with van der Waals surface area (Å²) in [5.41, 5.74) is 5.79. The highest BCUT2D eigenvalue weighted by Crippen LogP contribution is 2.28. The van der Waals surface area contributed by atoms with Crippen molar-refractivity contribution < 1.29 is 4.39 Å². The molecular formula is C13H15ClFN5. The predicted octanol–water partition coefficient (Wildman–Crippen LogP) is 3.42. The van der Waals surface area contributed by atoms with Crippen LogP contribution in [-0.4, -0.2) is 16.5 Å². The highest BCUT2D eigenvalue weighted by Gasteiger charge is 2.09. The van der Waals surface area contributed by atoms with Gasteiger partial charge in [0.25, 0.3) is 0 Å². The number of anilines is 4. The van der Waals surface area contributed by atoms with E-state index in [1.54, 1.807) is 12.1 Å². The lowest BCUT2D eigenvalue weighted by atomic mass is 10.3. The minimum Gasteiger partial charge on any atom is -0.370 e. The Hall–Kier alpha value is -2.08. The van der Waals surface area contributed by atoms with Crippen LogP contribution < -0.4 is 16.4 Å². The Kier molecular flexibility index (Phi) is 4.57. The Bertz CT molecular complexity index is 585. The monoisotopic (exact) mass is 295 g/mol. The van der Waals surface area contributed by atoms with E-state index in [2.05, 4.69) is 20.6 Å². The quantitative estimate of drug-likeness (QED) is 0.788. The van der Waals surface area contributed by atoms with Crippen molar-refractivity contribution >= 4 is 34.9 Å². The van der Waals surface area contributed by atoms with Crippen LogP contribution in [0.3, 0.4) is 0 Å². The van der Waals surface area contributed by atoms with Crippen LogP contribution in [0, 0.1) is 5.82 Å². The Morgan fingerprint density at radius 2 is 2.05 bits per heavy atom. The molecule has 4 N–H and O–H groups in total.